The number of amides is 2. The molecule has 0 radical (unpaired) electrons. The summed E-state index contributed by atoms with van der Waals surface area (Å²) in [7, 11) is 0. The molecule has 0 bridgehead atoms. The van der Waals surface area contributed by atoms with E-state index in [1.807, 2.05) is 60.7 Å². The van der Waals surface area contributed by atoms with Crippen LogP contribution < -0.4 is 11.2 Å². The molecule has 2 aromatic carbocycles. The fourth-order valence-electron chi connectivity index (χ4n) is 3.94. The number of nitrogens with one attached hydrogen (secondary N) is 1. The highest BCUT2D eigenvalue weighted by molar-refractivity contribution is 5.87. The Kier molecular flexibility index (Phi) is 6.30. The zero-order valence-corrected chi connectivity index (χ0v) is 17.5. The van der Waals surface area contributed by atoms with Crippen molar-refractivity contribution in [3.8, 4) is 0 Å². The first-order valence-electron chi connectivity index (χ1n) is 10.5. The predicted molar refractivity (Wildman–Crippen MR) is 119 cm³/mol. The van der Waals surface area contributed by atoms with Gasteiger partial charge in [-0.1, -0.05) is 60.7 Å². The monoisotopic (exact) mass is 432 g/mol. The van der Waals surface area contributed by atoms with Crippen molar-refractivity contribution >= 4 is 11.8 Å². The minimum absolute atomic E-state index is 0.00588. The fourth-order valence-corrected chi connectivity index (χ4v) is 3.94. The Labute approximate surface area is 184 Å². The van der Waals surface area contributed by atoms with E-state index in [0.29, 0.717) is 26.2 Å². The molecule has 1 aromatic heterocycles. The summed E-state index contributed by atoms with van der Waals surface area (Å²) in [5.41, 5.74) is 0.741. The number of nitrogens with zero attached hydrogens (tertiary/aromatic N) is 3. The number of hydrogen-bond donors (Lipinski definition) is 1. The SMILES string of the molecule is O=C(Cn1ccc(=O)[nH]c1=O)N1CCN(C(=O)C(c2ccccc2)c2ccccc2)CC1. The molecule has 164 valence electrons. The van der Waals surface area contributed by atoms with Gasteiger partial charge in [0.05, 0.1) is 5.92 Å². The number of benzene rings is 2. The Morgan fingerprint density at radius 1 is 0.781 bits per heavy atom. The molecule has 32 heavy (non-hydrogen) atoms. The van der Waals surface area contributed by atoms with Crippen molar-refractivity contribution < 1.29 is 9.59 Å². The number of aromatic nitrogens is 2. The molecule has 2 heterocycles. The van der Waals surface area contributed by atoms with E-state index in [4.69, 9.17) is 0 Å². The fraction of sp³-hybridized carbons (Fsp3) is 0.250. The van der Waals surface area contributed by atoms with Crippen LogP contribution in [0.5, 0.6) is 0 Å². The lowest BCUT2D eigenvalue weighted by Gasteiger charge is -2.36. The molecular weight excluding hydrogens is 408 g/mol. The molecule has 1 fully saturated rings. The first-order chi connectivity index (χ1) is 15.5. The van der Waals surface area contributed by atoms with E-state index in [1.54, 1.807) is 9.80 Å². The quantitative estimate of drug-likeness (QED) is 0.652. The zero-order valence-electron chi connectivity index (χ0n) is 17.5. The van der Waals surface area contributed by atoms with Gasteiger partial charge in [0.25, 0.3) is 5.56 Å². The molecular formula is C24H24N4O4. The van der Waals surface area contributed by atoms with E-state index in [9.17, 15) is 19.2 Å². The second-order valence-electron chi connectivity index (χ2n) is 7.70. The van der Waals surface area contributed by atoms with Gasteiger partial charge < -0.3 is 9.80 Å². The Bertz CT molecular complexity index is 1160. The van der Waals surface area contributed by atoms with Crippen LogP contribution >= 0.6 is 0 Å². The molecule has 1 saturated heterocycles. The van der Waals surface area contributed by atoms with Gasteiger partial charge in [-0.3, -0.25) is 23.9 Å². The Balaban J connectivity index is 1.44. The van der Waals surface area contributed by atoms with Gasteiger partial charge in [0.15, 0.2) is 0 Å². The lowest BCUT2D eigenvalue weighted by molar-refractivity contribution is -0.140. The average Bonchev–Trinajstić information content (AvgIpc) is 2.82. The van der Waals surface area contributed by atoms with Crippen molar-refractivity contribution in [1.29, 1.82) is 0 Å². The van der Waals surface area contributed by atoms with Gasteiger partial charge in [-0.25, -0.2) is 4.79 Å². The van der Waals surface area contributed by atoms with E-state index in [-0.39, 0.29) is 18.4 Å². The highest BCUT2D eigenvalue weighted by Crippen LogP contribution is 2.27. The van der Waals surface area contributed by atoms with Crippen molar-refractivity contribution in [2.45, 2.75) is 12.5 Å². The summed E-state index contributed by atoms with van der Waals surface area (Å²) in [6.07, 6.45) is 1.31. The van der Waals surface area contributed by atoms with Crippen LogP contribution in [0.25, 0.3) is 0 Å². The van der Waals surface area contributed by atoms with Crippen LogP contribution in [0.15, 0.2) is 82.5 Å². The molecule has 1 N–H and O–H groups in total. The number of H-pyrrole nitrogens is 1. The van der Waals surface area contributed by atoms with E-state index in [2.05, 4.69) is 4.98 Å². The smallest absolute Gasteiger partial charge is 0.328 e. The van der Waals surface area contributed by atoms with E-state index >= 15 is 0 Å². The lowest BCUT2D eigenvalue weighted by Crippen LogP contribution is -2.52. The van der Waals surface area contributed by atoms with Gasteiger partial charge in [-0.15, -0.1) is 0 Å². The molecule has 0 spiro atoms. The standard InChI is InChI=1S/C24H24N4O4/c29-20-11-12-28(24(32)25-20)17-21(30)26-13-15-27(16-14-26)23(31)22(18-7-3-1-4-8-18)19-9-5-2-6-10-19/h1-12,22H,13-17H2,(H,25,29,32). The maximum Gasteiger partial charge on any atom is 0.328 e. The van der Waals surface area contributed by atoms with Crippen LogP contribution in [0.1, 0.15) is 17.0 Å². The predicted octanol–water partition coefficient (Wildman–Crippen LogP) is 1.04. The second kappa shape index (κ2) is 9.47. The summed E-state index contributed by atoms with van der Waals surface area (Å²) in [6, 6.07) is 20.6. The van der Waals surface area contributed by atoms with Gasteiger partial charge in [-0.05, 0) is 11.1 Å². The molecule has 8 heteroatoms. The molecule has 0 aliphatic carbocycles. The summed E-state index contributed by atoms with van der Waals surface area (Å²) >= 11 is 0. The van der Waals surface area contributed by atoms with E-state index in [1.165, 1.54) is 16.8 Å². The average molecular weight is 432 g/mol. The van der Waals surface area contributed by atoms with Gasteiger partial charge in [0.1, 0.15) is 6.54 Å². The minimum Gasteiger partial charge on any atom is -0.338 e. The third-order valence-corrected chi connectivity index (χ3v) is 5.66. The Morgan fingerprint density at radius 2 is 1.31 bits per heavy atom. The summed E-state index contributed by atoms with van der Waals surface area (Å²) in [5.74, 6) is -0.625. The topological polar surface area (TPSA) is 95.5 Å². The number of piperazine rings is 1. The maximum absolute atomic E-state index is 13.5. The third kappa shape index (κ3) is 4.69. The number of aromatic amines is 1. The summed E-state index contributed by atoms with van der Waals surface area (Å²) in [5, 5.41) is 0. The minimum atomic E-state index is -0.617. The highest BCUT2D eigenvalue weighted by Gasteiger charge is 2.30. The lowest BCUT2D eigenvalue weighted by atomic mass is 9.90. The van der Waals surface area contributed by atoms with Gasteiger partial charge in [-0.2, -0.15) is 0 Å². The Hall–Kier alpha value is -3.94. The van der Waals surface area contributed by atoms with Gasteiger partial charge in [0.2, 0.25) is 11.8 Å². The van der Waals surface area contributed by atoms with Crippen molar-refractivity contribution in [3.05, 3.63) is 105 Å². The molecule has 0 unspecified atom stereocenters. The molecule has 3 aromatic rings. The van der Waals surface area contributed by atoms with Crippen LogP contribution in [-0.4, -0.2) is 57.3 Å². The van der Waals surface area contributed by atoms with E-state index < -0.39 is 17.2 Å². The Morgan fingerprint density at radius 3 is 1.84 bits per heavy atom. The van der Waals surface area contributed by atoms with Crippen molar-refractivity contribution in [2.75, 3.05) is 26.2 Å². The normalized spacial score (nSPS) is 13.9. The third-order valence-electron chi connectivity index (χ3n) is 5.66. The van der Waals surface area contributed by atoms with Gasteiger partial charge >= 0.3 is 5.69 Å². The van der Waals surface area contributed by atoms with Crippen LogP contribution in [0.2, 0.25) is 0 Å². The molecule has 0 atom stereocenters. The number of rotatable bonds is 5. The highest BCUT2D eigenvalue weighted by atomic mass is 16.2. The molecule has 1 aliphatic heterocycles. The first kappa shape index (κ1) is 21.3. The van der Waals surface area contributed by atoms with Crippen LogP contribution in [0.4, 0.5) is 0 Å². The van der Waals surface area contributed by atoms with Gasteiger partial charge in [0, 0.05) is 38.4 Å². The summed E-state index contributed by atoms with van der Waals surface area (Å²) in [4.78, 5) is 54.7. The van der Waals surface area contributed by atoms with E-state index in [0.717, 1.165) is 11.1 Å². The largest absolute Gasteiger partial charge is 0.338 e. The zero-order chi connectivity index (χ0) is 22.5. The summed E-state index contributed by atoms with van der Waals surface area (Å²) in [6.45, 7) is 1.46. The molecule has 2 amide bonds. The molecule has 4 rings (SSSR count). The maximum atomic E-state index is 13.5. The second-order valence-corrected chi connectivity index (χ2v) is 7.70. The molecule has 8 nitrogen and oxygen atoms in total. The summed E-state index contributed by atoms with van der Waals surface area (Å²) < 4.78 is 1.17. The van der Waals surface area contributed by atoms with Crippen LogP contribution in [0.3, 0.4) is 0 Å². The molecule has 0 saturated carbocycles. The molecule has 1 aliphatic rings. The van der Waals surface area contributed by atoms with Crippen molar-refractivity contribution in [3.63, 3.8) is 0 Å². The van der Waals surface area contributed by atoms with Crippen molar-refractivity contribution in [1.82, 2.24) is 19.4 Å². The van der Waals surface area contributed by atoms with Crippen LogP contribution in [0, 0.1) is 0 Å². The number of carbonyl (C=O) groups excluding carboxylic acids is 2. The number of hydrogen-bond acceptors (Lipinski definition) is 4. The number of carbonyl (C=O) groups is 2. The first-order valence-corrected chi connectivity index (χ1v) is 10.5. The van der Waals surface area contributed by atoms with Crippen LogP contribution in [-0.2, 0) is 16.1 Å². The van der Waals surface area contributed by atoms with Crippen molar-refractivity contribution in [2.24, 2.45) is 0 Å².